The zero-order chi connectivity index (χ0) is 12.5. The summed E-state index contributed by atoms with van der Waals surface area (Å²) in [6, 6.07) is 6.00. The molecule has 0 atom stereocenters. The molecule has 1 N–H and O–H groups in total. The number of nitrogens with zero attached hydrogens (tertiary/aromatic N) is 5. The third kappa shape index (κ3) is 2.16. The summed E-state index contributed by atoms with van der Waals surface area (Å²) in [5, 5.41) is 6.64. The summed E-state index contributed by atoms with van der Waals surface area (Å²) in [6.45, 7) is 6.15. The minimum Gasteiger partial charge on any atom is -0.304 e. The van der Waals surface area contributed by atoms with Crippen LogP contribution in [0.4, 0.5) is 5.95 Å². The third-order valence-electron chi connectivity index (χ3n) is 3.31. The number of nitrogens with one attached hydrogen (secondary N) is 1. The minimum absolute atomic E-state index is 0.675. The van der Waals surface area contributed by atoms with E-state index in [0.717, 1.165) is 37.5 Å². The number of hydrogen-bond acceptors (Lipinski definition) is 5. The van der Waals surface area contributed by atoms with E-state index in [0.29, 0.717) is 5.95 Å². The lowest BCUT2D eigenvalue weighted by Crippen LogP contribution is -2.47. The predicted octanol–water partition coefficient (Wildman–Crippen LogP) is 0.612. The van der Waals surface area contributed by atoms with Crippen LogP contribution in [0, 0.1) is 6.92 Å². The maximum atomic E-state index is 4.47. The van der Waals surface area contributed by atoms with Gasteiger partial charge in [-0.25, -0.2) is 9.52 Å². The van der Waals surface area contributed by atoms with Gasteiger partial charge in [0.25, 0.3) is 5.95 Å². The zero-order valence-electron chi connectivity index (χ0n) is 10.8. The highest BCUT2D eigenvalue weighted by molar-refractivity contribution is 5.44. The number of likely N-dealkylation sites (N-methyl/N-ethyl adjacent to an activating group) is 1. The molecule has 0 spiro atoms. The van der Waals surface area contributed by atoms with Gasteiger partial charge in [-0.15, -0.1) is 5.10 Å². The second kappa shape index (κ2) is 4.55. The summed E-state index contributed by atoms with van der Waals surface area (Å²) in [5.41, 5.74) is 5.25. The quantitative estimate of drug-likeness (QED) is 0.841. The Morgan fingerprint density at radius 3 is 2.67 bits per heavy atom. The van der Waals surface area contributed by atoms with Crippen LogP contribution in [0.5, 0.6) is 0 Å². The van der Waals surface area contributed by atoms with Gasteiger partial charge < -0.3 is 4.90 Å². The van der Waals surface area contributed by atoms with Crippen molar-refractivity contribution in [3.05, 3.63) is 23.9 Å². The number of hydrazine groups is 1. The lowest BCUT2D eigenvalue weighted by atomic mass is 10.4. The molecule has 0 saturated carbocycles. The van der Waals surface area contributed by atoms with Gasteiger partial charge in [-0.05, 0) is 26.1 Å². The number of rotatable bonds is 2. The Morgan fingerprint density at radius 1 is 1.17 bits per heavy atom. The van der Waals surface area contributed by atoms with Crippen molar-refractivity contribution in [2.24, 2.45) is 0 Å². The predicted molar refractivity (Wildman–Crippen MR) is 70.4 cm³/mol. The Morgan fingerprint density at radius 2 is 1.94 bits per heavy atom. The van der Waals surface area contributed by atoms with Gasteiger partial charge in [0, 0.05) is 31.9 Å². The van der Waals surface area contributed by atoms with Crippen LogP contribution in [0.1, 0.15) is 5.69 Å². The van der Waals surface area contributed by atoms with Crippen LogP contribution in [0.3, 0.4) is 0 Å². The first-order chi connectivity index (χ1) is 8.72. The zero-order valence-corrected chi connectivity index (χ0v) is 10.8. The number of aromatic nitrogens is 3. The van der Waals surface area contributed by atoms with E-state index in [1.165, 1.54) is 0 Å². The highest BCUT2D eigenvalue weighted by atomic mass is 15.6. The summed E-state index contributed by atoms with van der Waals surface area (Å²) in [7, 11) is 2.14. The topological polar surface area (TPSA) is 48.7 Å². The van der Waals surface area contributed by atoms with Crippen LogP contribution in [-0.2, 0) is 0 Å². The molecule has 0 amide bonds. The Kier molecular flexibility index (Phi) is 2.89. The molecule has 0 aliphatic carbocycles. The normalized spacial score (nSPS) is 18.3. The lowest BCUT2D eigenvalue weighted by molar-refractivity contribution is 0.178. The standard InChI is InChI=1S/C12H18N6/c1-10-4-3-5-11-13-12(15-18(10)11)14-17-8-6-16(2)7-9-17/h3-5H,6-9H2,1-2H3,(H,14,15). The van der Waals surface area contributed by atoms with Gasteiger partial charge in [-0.2, -0.15) is 4.98 Å². The summed E-state index contributed by atoms with van der Waals surface area (Å²) >= 11 is 0. The third-order valence-corrected chi connectivity index (χ3v) is 3.31. The van der Waals surface area contributed by atoms with Crippen LogP contribution in [0.15, 0.2) is 18.2 Å². The maximum absolute atomic E-state index is 4.47. The average molecular weight is 246 g/mol. The summed E-state index contributed by atoms with van der Waals surface area (Å²) in [5.74, 6) is 0.675. The monoisotopic (exact) mass is 246 g/mol. The molecule has 3 rings (SSSR count). The maximum Gasteiger partial charge on any atom is 0.257 e. The van der Waals surface area contributed by atoms with Crippen molar-refractivity contribution < 1.29 is 0 Å². The van der Waals surface area contributed by atoms with Crippen molar-refractivity contribution in [3.8, 4) is 0 Å². The molecule has 1 saturated heterocycles. The fourth-order valence-corrected chi connectivity index (χ4v) is 2.14. The first-order valence-corrected chi connectivity index (χ1v) is 6.25. The van der Waals surface area contributed by atoms with Crippen LogP contribution in [-0.4, -0.2) is 57.7 Å². The Bertz CT molecular complexity index is 540. The lowest BCUT2D eigenvalue weighted by Gasteiger charge is -2.31. The van der Waals surface area contributed by atoms with Crippen molar-refractivity contribution in [2.45, 2.75) is 6.92 Å². The van der Waals surface area contributed by atoms with E-state index in [2.05, 4.69) is 32.5 Å². The molecule has 18 heavy (non-hydrogen) atoms. The van der Waals surface area contributed by atoms with Crippen LogP contribution >= 0.6 is 0 Å². The van der Waals surface area contributed by atoms with E-state index in [9.17, 15) is 0 Å². The van der Waals surface area contributed by atoms with Gasteiger partial charge in [0.15, 0.2) is 5.65 Å². The van der Waals surface area contributed by atoms with Crippen molar-refractivity contribution in [3.63, 3.8) is 0 Å². The van der Waals surface area contributed by atoms with Gasteiger partial charge in [-0.3, -0.25) is 5.43 Å². The number of piperazine rings is 1. The van der Waals surface area contributed by atoms with Gasteiger partial charge in [0.1, 0.15) is 0 Å². The summed E-state index contributed by atoms with van der Waals surface area (Å²) < 4.78 is 1.86. The Balaban J connectivity index is 1.77. The van der Waals surface area contributed by atoms with Crippen molar-refractivity contribution in [2.75, 3.05) is 38.7 Å². The highest BCUT2D eigenvalue weighted by Gasteiger charge is 2.15. The SMILES string of the molecule is Cc1cccc2nc(NN3CCN(C)CC3)nn12. The highest BCUT2D eigenvalue weighted by Crippen LogP contribution is 2.09. The van der Waals surface area contributed by atoms with Crippen LogP contribution in [0.25, 0.3) is 5.65 Å². The van der Waals surface area contributed by atoms with Crippen LogP contribution < -0.4 is 5.43 Å². The van der Waals surface area contributed by atoms with E-state index in [1.54, 1.807) is 0 Å². The van der Waals surface area contributed by atoms with E-state index < -0.39 is 0 Å². The first-order valence-electron chi connectivity index (χ1n) is 6.25. The van der Waals surface area contributed by atoms with Crippen molar-refractivity contribution in [1.29, 1.82) is 0 Å². The molecule has 1 aliphatic heterocycles. The Labute approximate surface area is 106 Å². The average Bonchev–Trinajstić information content (AvgIpc) is 2.76. The van der Waals surface area contributed by atoms with E-state index in [1.807, 2.05) is 29.6 Å². The smallest absolute Gasteiger partial charge is 0.257 e. The molecule has 6 nitrogen and oxygen atoms in total. The second-order valence-electron chi connectivity index (χ2n) is 4.77. The van der Waals surface area contributed by atoms with Crippen LogP contribution in [0.2, 0.25) is 0 Å². The molecular weight excluding hydrogens is 228 g/mol. The minimum atomic E-state index is 0.675. The summed E-state index contributed by atoms with van der Waals surface area (Å²) in [4.78, 5) is 6.79. The molecular formula is C12H18N6. The molecule has 6 heteroatoms. The molecule has 1 fully saturated rings. The van der Waals surface area contributed by atoms with Gasteiger partial charge >= 0.3 is 0 Å². The van der Waals surface area contributed by atoms with E-state index in [-0.39, 0.29) is 0 Å². The molecule has 0 unspecified atom stereocenters. The number of hydrogen-bond donors (Lipinski definition) is 1. The van der Waals surface area contributed by atoms with Crippen molar-refractivity contribution >= 4 is 11.6 Å². The van der Waals surface area contributed by atoms with Crippen molar-refractivity contribution in [1.82, 2.24) is 24.5 Å². The van der Waals surface area contributed by atoms with E-state index in [4.69, 9.17) is 0 Å². The molecule has 96 valence electrons. The molecule has 0 aromatic carbocycles. The van der Waals surface area contributed by atoms with Gasteiger partial charge in [0.2, 0.25) is 0 Å². The second-order valence-corrected chi connectivity index (χ2v) is 4.77. The number of fused-ring (bicyclic) bond motifs is 1. The molecule has 2 aromatic rings. The molecule has 0 bridgehead atoms. The number of anilines is 1. The molecule has 1 aliphatic rings. The van der Waals surface area contributed by atoms with Gasteiger partial charge in [0.05, 0.1) is 0 Å². The van der Waals surface area contributed by atoms with Gasteiger partial charge in [-0.1, -0.05) is 6.07 Å². The molecule has 0 radical (unpaired) electrons. The molecule has 3 heterocycles. The number of aryl methyl sites for hydroxylation is 1. The Hall–Kier alpha value is -1.66. The fraction of sp³-hybridized carbons (Fsp3) is 0.500. The summed E-state index contributed by atoms with van der Waals surface area (Å²) in [6.07, 6.45) is 0. The largest absolute Gasteiger partial charge is 0.304 e. The molecule has 2 aromatic heterocycles. The fourth-order valence-electron chi connectivity index (χ4n) is 2.14. The van der Waals surface area contributed by atoms with E-state index >= 15 is 0 Å². The first kappa shape index (κ1) is 11.4. The number of pyridine rings is 1.